The van der Waals surface area contributed by atoms with Gasteiger partial charge in [0.15, 0.2) is 0 Å². The molecule has 1 aliphatic carbocycles. The van der Waals surface area contributed by atoms with Gasteiger partial charge in [-0.25, -0.2) is 0 Å². The lowest BCUT2D eigenvalue weighted by Crippen LogP contribution is -2.12. The van der Waals surface area contributed by atoms with Crippen molar-refractivity contribution in [2.24, 2.45) is 11.7 Å². The van der Waals surface area contributed by atoms with Crippen LogP contribution < -0.4 is 11.5 Å². The maximum atomic E-state index is 9.85. The third-order valence-corrected chi connectivity index (χ3v) is 3.54. The lowest BCUT2D eigenvalue weighted by molar-refractivity contribution is 0.457. The Hall–Kier alpha value is -0.450. The molecule has 0 amide bonds. The lowest BCUT2D eigenvalue weighted by Gasteiger charge is -2.16. The van der Waals surface area contributed by atoms with E-state index in [0.717, 1.165) is 22.4 Å². The minimum absolute atomic E-state index is 0. The van der Waals surface area contributed by atoms with Crippen molar-refractivity contribution < 1.29 is 5.11 Å². The number of phenolic OH excluding ortho intramolecular Hbond substituents is 1. The smallest absolute Gasteiger partial charge is 0.144 e. The second-order valence-corrected chi connectivity index (χ2v) is 5.04. The van der Waals surface area contributed by atoms with Crippen LogP contribution in [0.5, 0.6) is 5.75 Å². The van der Waals surface area contributed by atoms with Gasteiger partial charge in [-0.1, -0.05) is 28.8 Å². The highest BCUT2D eigenvalue weighted by atomic mass is 79.9. The van der Waals surface area contributed by atoms with Crippen molar-refractivity contribution in [2.45, 2.75) is 25.3 Å². The zero-order valence-electron chi connectivity index (χ0n) is 8.82. The highest BCUT2D eigenvalue weighted by molar-refractivity contribution is 9.10. The molecule has 0 bridgehead atoms. The average molecular weight is 308 g/mol. The van der Waals surface area contributed by atoms with Crippen LogP contribution in [0.15, 0.2) is 16.6 Å². The first-order valence-electron chi connectivity index (χ1n) is 5.12. The molecule has 1 aliphatic rings. The van der Waals surface area contributed by atoms with Gasteiger partial charge in [-0.3, -0.25) is 0 Å². The van der Waals surface area contributed by atoms with E-state index >= 15 is 0 Å². The second kappa shape index (κ2) is 5.25. The van der Waals surface area contributed by atoms with Gasteiger partial charge < -0.3 is 16.6 Å². The first kappa shape index (κ1) is 13.6. The van der Waals surface area contributed by atoms with Crippen LogP contribution in [-0.2, 0) is 0 Å². The van der Waals surface area contributed by atoms with E-state index in [1.165, 1.54) is 12.8 Å². The van der Waals surface area contributed by atoms with Gasteiger partial charge in [0.1, 0.15) is 5.75 Å². The number of phenols is 1. The molecule has 5 N–H and O–H groups in total. The maximum Gasteiger partial charge on any atom is 0.144 e. The molecule has 0 aromatic heterocycles. The average Bonchev–Trinajstić information content (AvgIpc) is 2.96. The molecule has 1 atom stereocenters. The van der Waals surface area contributed by atoms with E-state index in [0.29, 0.717) is 5.69 Å². The summed E-state index contributed by atoms with van der Waals surface area (Å²) in [5.74, 6) is 0.852. The van der Waals surface area contributed by atoms with Crippen LogP contribution in [0.3, 0.4) is 0 Å². The fourth-order valence-electron chi connectivity index (χ4n) is 1.78. The number of rotatable bonds is 3. The largest absolute Gasteiger partial charge is 0.505 e. The van der Waals surface area contributed by atoms with Crippen molar-refractivity contribution in [2.75, 3.05) is 5.73 Å². The summed E-state index contributed by atoms with van der Waals surface area (Å²) in [6, 6.07) is 3.37. The molecule has 5 heteroatoms. The Morgan fingerprint density at radius 3 is 2.62 bits per heavy atom. The normalized spacial score (nSPS) is 16.6. The number of aromatic hydroxyl groups is 1. The second-order valence-electron chi connectivity index (χ2n) is 4.18. The Balaban J connectivity index is 0.00000128. The summed E-state index contributed by atoms with van der Waals surface area (Å²) in [6.07, 6.45) is 3.44. The summed E-state index contributed by atoms with van der Waals surface area (Å²) >= 11 is 3.40. The zero-order chi connectivity index (χ0) is 11.0. The van der Waals surface area contributed by atoms with Gasteiger partial charge in [-0.15, -0.1) is 12.4 Å². The van der Waals surface area contributed by atoms with Gasteiger partial charge in [0, 0.05) is 16.1 Å². The first-order chi connectivity index (χ1) is 7.09. The molecular weight excluding hydrogens is 291 g/mol. The molecular formula is C11H16BrClN2O. The van der Waals surface area contributed by atoms with Gasteiger partial charge in [-0.05, 0) is 24.5 Å². The lowest BCUT2D eigenvalue weighted by atomic mass is 10.0. The summed E-state index contributed by atoms with van der Waals surface area (Å²) in [5, 5.41) is 9.85. The van der Waals surface area contributed by atoms with Crippen molar-refractivity contribution in [1.82, 2.24) is 0 Å². The molecule has 16 heavy (non-hydrogen) atoms. The monoisotopic (exact) mass is 306 g/mol. The van der Waals surface area contributed by atoms with E-state index in [4.69, 9.17) is 11.5 Å². The van der Waals surface area contributed by atoms with Crippen LogP contribution in [0.4, 0.5) is 5.69 Å². The molecule has 1 saturated carbocycles. The molecule has 0 aliphatic heterocycles. The van der Waals surface area contributed by atoms with Crippen molar-refractivity contribution in [1.29, 1.82) is 0 Å². The Kier molecular flexibility index (Phi) is 4.47. The number of anilines is 1. The van der Waals surface area contributed by atoms with E-state index in [2.05, 4.69) is 15.9 Å². The topological polar surface area (TPSA) is 72.3 Å². The molecule has 1 fully saturated rings. The molecule has 0 saturated heterocycles. The van der Waals surface area contributed by atoms with Crippen LogP contribution in [-0.4, -0.2) is 5.11 Å². The molecule has 3 nitrogen and oxygen atoms in total. The summed E-state index contributed by atoms with van der Waals surface area (Å²) in [7, 11) is 0. The molecule has 2 rings (SSSR count). The van der Waals surface area contributed by atoms with E-state index in [1.807, 2.05) is 6.07 Å². The summed E-state index contributed by atoms with van der Waals surface area (Å²) < 4.78 is 0.836. The minimum Gasteiger partial charge on any atom is -0.505 e. The third-order valence-electron chi connectivity index (χ3n) is 2.85. The van der Waals surface area contributed by atoms with Gasteiger partial charge in [0.2, 0.25) is 0 Å². The number of hydrogen-bond donors (Lipinski definition) is 3. The van der Waals surface area contributed by atoms with E-state index in [1.54, 1.807) is 6.07 Å². The standard InChI is InChI=1S/C11H15BrN2O.ClH/c12-7-3-4-8(13)11(15)10(7)9(14)5-6-1-2-6;/h3-4,6,9,15H,1-2,5,13-14H2;1H/t9-;/m1./s1. The fourth-order valence-corrected chi connectivity index (χ4v) is 2.40. The highest BCUT2D eigenvalue weighted by Gasteiger charge is 2.27. The van der Waals surface area contributed by atoms with Gasteiger partial charge in [-0.2, -0.15) is 0 Å². The van der Waals surface area contributed by atoms with Crippen LogP contribution >= 0.6 is 28.3 Å². The third kappa shape index (κ3) is 2.81. The number of nitrogen functional groups attached to an aromatic ring is 1. The molecule has 90 valence electrons. The van der Waals surface area contributed by atoms with E-state index in [9.17, 15) is 5.11 Å². The molecule has 0 heterocycles. The Labute approximate surface area is 110 Å². The Morgan fingerprint density at radius 2 is 2.06 bits per heavy atom. The Bertz CT molecular complexity index is 382. The van der Waals surface area contributed by atoms with Gasteiger partial charge in [0.05, 0.1) is 5.69 Å². The van der Waals surface area contributed by atoms with Crippen molar-refractivity contribution in [3.05, 3.63) is 22.2 Å². The quantitative estimate of drug-likeness (QED) is 0.594. The minimum atomic E-state index is -0.129. The summed E-state index contributed by atoms with van der Waals surface area (Å²) in [5.41, 5.74) is 12.8. The van der Waals surface area contributed by atoms with Crippen LogP contribution in [0.25, 0.3) is 0 Å². The van der Waals surface area contributed by atoms with Gasteiger partial charge in [0.25, 0.3) is 0 Å². The SMILES string of the molecule is Cl.Nc1ccc(Br)c([C@H](N)CC2CC2)c1O. The summed E-state index contributed by atoms with van der Waals surface area (Å²) in [6.45, 7) is 0. The Morgan fingerprint density at radius 1 is 1.44 bits per heavy atom. The van der Waals surface area contributed by atoms with Crippen molar-refractivity contribution >= 4 is 34.0 Å². The molecule has 1 aromatic carbocycles. The number of halogens is 2. The highest BCUT2D eigenvalue weighted by Crippen LogP contribution is 2.42. The molecule has 1 aromatic rings. The zero-order valence-corrected chi connectivity index (χ0v) is 11.2. The van der Waals surface area contributed by atoms with Crippen molar-refractivity contribution in [3.8, 4) is 5.75 Å². The predicted octanol–water partition coefficient (Wildman–Crippen LogP) is 2.96. The number of benzene rings is 1. The molecule has 0 radical (unpaired) electrons. The van der Waals surface area contributed by atoms with Crippen LogP contribution in [0, 0.1) is 5.92 Å². The van der Waals surface area contributed by atoms with E-state index < -0.39 is 0 Å². The fraction of sp³-hybridized carbons (Fsp3) is 0.455. The maximum absolute atomic E-state index is 9.85. The number of nitrogens with two attached hydrogens (primary N) is 2. The van der Waals surface area contributed by atoms with E-state index in [-0.39, 0.29) is 24.2 Å². The summed E-state index contributed by atoms with van der Waals surface area (Å²) in [4.78, 5) is 0. The van der Waals surface area contributed by atoms with Crippen molar-refractivity contribution in [3.63, 3.8) is 0 Å². The van der Waals surface area contributed by atoms with Gasteiger partial charge >= 0.3 is 0 Å². The molecule has 0 unspecified atom stereocenters. The molecule has 0 spiro atoms. The van der Waals surface area contributed by atoms with Crippen LogP contribution in [0.1, 0.15) is 30.9 Å². The van der Waals surface area contributed by atoms with Crippen LogP contribution in [0.2, 0.25) is 0 Å². The first-order valence-corrected chi connectivity index (χ1v) is 5.91. The predicted molar refractivity (Wildman–Crippen MR) is 71.7 cm³/mol. The number of hydrogen-bond acceptors (Lipinski definition) is 3.